The Morgan fingerprint density at radius 1 is 0.974 bits per heavy atom. The van der Waals surface area contributed by atoms with Gasteiger partial charge in [0.15, 0.2) is 11.2 Å². The van der Waals surface area contributed by atoms with Crippen LogP contribution >= 0.6 is 0 Å². The lowest BCUT2D eigenvalue weighted by Gasteiger charge is -2.26. The van der Waals surface area contributed by atoms with Gasteiger partial charge < -0.3 is 13.9 Å². The largest absolute Gasteiger partial charge is 0.476 e. The highest BCUT2D eigenvalue weighted by molar-refractivity contribution is 5.86. The van der Waals surface area contributed by atoms with Gasteiger partial charge >= 0.3 is 5.97 Å². The summed E-state index contributed by atoms with van der Waals surface area (Å²) in [6.45, 7) is 7.60. The topological polar surface area (TPSA) is 73.6 Å². The molecule has 0 aliphatic carbocycles. The van der Waals surface area contributed by atoms with E-state index in [2.05, 4.69) is 42.6 Å². The monoisotopic (exact) mass is 508 g/mol. The molecule has 0 saturated carbocycles. The van der Waals surface area contributed by atoms with Gasteiger partial charge in [-0.1, -0.05) is 66.7 Å². The number of carbonyl (C=O) groups is 1. The van der Waals surface area contributed by atoms with E-state index < -0.39 is 11.6 Å². The number of para-hydroxylation sites is 2. The van der Waals surface area contributed by atoms with Crippen molar-refractivity contribution in [2.75, 3.05) is 6.61 Å². The van der Waals surface area contributed by atoms with Gasteiger partial charge in [0.2, 0.25) is 5.89 Å². The molecule has 0 radical (unpaired) electrons. The second-order valence-electron chi connectivity index (χ2n) is 9.81. The van der Waals surface area contributed by atoms with Crippen LogP contribution in [0.2, 0.25) is 0 Å². The van der Waals surface area contributed by atoms with Crippen LogP contribution in [0.25, 0.3) is 21.9 Å². The van der Waals surface area contributed by atoms with Crippen molar-refractivity contribution in [3.05, 3.63) is 108 Å². The maximum absolute atomic E-state index is 12.4. The SMILES string of the molecule is CCOC(=O)C(C)(C)Oc1cccc(C(C)NC(c2nc3ccccc3o2)c2cccc3ccccc23)c1. The van der Waals surface area contributed by atoms with Crippen LogP contribution in [0.15, 0.2) is 95.4 Å². The first kappa shape index (κ1) is 25.5. The molecule has 1 aromatic heterocycles. The van der Waals surface area contributed by atoms with E-state index in [0.29, 0.717) is 18.2 Å². The van der Waals surface area contributed by atoms with Crippen LogP contribution < -0.4 is 10.1 Å². The van der Waals surface area contributed by atoms with Crippen LogP contribution in [-0.2, 0) is 9.53 Å². The van der Waals surface area contributed by atoms with E-state index >= 15 is 0 Å². The first-order chi connectivity index (χ1) is 18.4. The molecule has 1 N–H and O–H groups in total. The number of carbonyl (C=O) groups excluding carboxylic acids is 1. The molecule has 5 rings (SSSR count). The van der Waals surface area contributed by atoms with Crippen molar-refractivity contribution in [2.45, 2.75) is 45.4 Å². The van der Waals surface area contributed by atoms with Crippen molar-refractivity contribution in [1.29, 1.82) is 0 Å². The number of aromatic nitrogens is 1. The molecule has 4 aromatic carbocycles. The van der Waals surface area contributed by atoms with Gasteiger partial charge in [-0.05, 0) is 73.9 Å². The number of ether oxygens (including phenoxy) is 2. The fourth-order valence-corrected chi connectivity index (χ4v) is 4.64. The van der Waals surface area contributed by atoms with Crippen LogP contribution in [0.1, 0.15) is 56.8 Å². The minimum absolute atomic E-state index is 0.0942. The van der Waals surface area contributed by atoms with Crippen molar-refractivity contribution in [2.24, 2.45) is 0 Å². The molecule has 6 nitrogen and oxygen atoms in total. The third-order valence-electron chi connectivity index (χ3n) is 6.61. The third-order valence-corrected chi connectivity index (χ3v) is 6.61. The Morgan fingerprint density at radius 3 is 2.53 bits per heavy atom. The number of hydrogen-bond acceptors (Lipinski definition) is 6. The summed E-state index contributed by atoms with van der Waals surface area (Å²) in [5, 5.41) is 6.03. The number of nitrogens with zero attached hydrogens (tertiary/aromatic N) is 1. The molecule has 0 fully saturated rings. The van der Waals surface area contributed by atoms with E-state index in [1.807, 2.05) is 60.7 Å². The molecule has 1 heterocycles. The second-order valence-corrected chi connectivity index (χ2v) is 9.81. The number of hydrogen-bond donors (Lipinski definition) is 1. The molecule has 194 valence electrons. The first-order valence-corrected chi connectivity index (χ1v) is 12.9. The summed E-state index contributed by atoms with van der Waals surface area (Å²) in [4.78, 5) is 17.2. The zero-order valence-electron chi connectivity index (χ0n) is 22.1. The Balaban J connectivity index is 1.49. The number of rotatable bonds is 9. The predicted octanol–water partition coefficient (Wildman–Crippen LogP) is 7.14. The van der Waals surface area contributed by atoms with Crippen molar-refractivity contribution in [3.63, 3.8) is 0 Å². The van der Waals surface area contributed by atoms with Crippen molar-refractivity contribution < 1.29 is 18.7 Å². The summed E-state index contributed by atoms with van der Waals surface area (Å²) in [6.07, 6.45) is 0. The van der Waals surface area contributed by atoms with E-state index in [1.165, 1.54) is 0 Å². The van der Waals surface area contributed by atoms with Crippen LogP contribution in [0.3, 0.4) is 0 Å². The number of fused-ring (bicyclic) bond motifs is 2. The molecule has 0 aliphatic heterocycles. The molecular weight excluding hydrogens is 476 g/mol. The molecule has 0 saturated heterocycles. The molecule has 6 heteroatoms. The summed E-state index contributed by atoms with van der Waals surface area (Å²) in [6, 6.07) is 29.8. The van der Waals surface area contributed by atoms with E-state index in [4.69, 9.17) is 18.9 Å². The molecule has 5 aromatic rings. The smallest absolute Gasteiger partial charge is 0.349 e. The van der Waals surface area contributed by atoms with Gasteiger partial charge in [-0.3, -0.25) is 5.32 Å². The Bertz CT molecular complexity index is 1530. The van der Waals surface area contributed by atoms with Gasteiger partial charge in [-0.2, -0.15) is 0 Å². The van der Waals surface area contributed by atoms with E-state index in [0.717, 1.165) is 33.0 Å². The van der Waals surface area contributed by atoms with Crippen molar-refractivity contribution >= 4 is 27.8 Å². The third kappa shape index (κ3) is 5.27. The zero-order valence-corrected chi connectivity index (χ0v) is 22.1. The van der Waals surface area contributed by atoms with Crippen molar-refractivity contribution in [3.8, 4) is 5.75 Å². The lowest BCUT2D eigenvalue weighted by molar-refractivity contribution is -0.158. The van der Waals surface area contributed by atoms with Gasteiger partial charge in [0.25, 0.3) is 0 Å². The van der Waals surface area contributed by atoms with E-state index in [1.54, 1.807) is 20.8 Å². The molecule has 2 unspecified atom stereocenters. The lowest BCUT2D eigenvalue weighted by Crippen LogP contribution is -2.39. The summed E-state index contributed by atoms with van der Waals surface area (Å²) < 4.78 is 17.5. The summed E-state index contributed by atoms with van der Waals surface area (Å²) >= 11 is 0. The number of esters is 1. The highest BCUT2D eigenvalue weighted by Crippen LogP contribution is 2.33. The summed E-state index contributed by atoms with van der Waals surface area (Å²) in [5.41, 5.74) is 2.55. The lowest BCUT2D eigenvalue weighted by atomic mass is 9.97. The van der Waals surface area contributed by atoms with Gasteiger partial charge in [0.1, 0.15) is 17.3 Å². The molecule has 2 atom stereocenters. The van der Waals surface area contributed by atoms with Crippen LogP contribution in [0, 0.1) is 0 Å². The molecule has 0 aliphatic rings. The second kappa shape index (κ2) is 10.7. The summed E-state index contributed by atoms with van der Waals surface area (Å²) in [7, 11) is 0. The van der Waals surface area contributed by atoms with Gasteiger partial charge in [0.05, 0.1) is 6.61 Å². The first-order valence-electron chi connectivity index (χ1n) is 12.9. The fraction of sp³-hybridized carbons (Fsp3) is 0.250. The van der Waals surface area contributed by atoms with E-state index in [-0.39, 0.29) is 12.1 Å². The fourth-order valence-electron chi connectivity index (χ4n) is 4.64. The van der Waals surface area contributed by atoms with Crippen LogP contribution in [0.4, 0.5) is 0 Å². The Hall–Kier alpha value is -4.16. The van der Waals surface area contributed by atoms with Crippen LogP contribution in [0.5, 0.6) is 5.75 Å². The summed E-state index contributed by atoms with van der Waals surface area (Å²) in [5.74, 6) is 0.798. The molecule has 38 heavy (non-hydrogen) atoms. The number of nitrogens with one attached hydrogen (secondary N) is 1. The highest BCUT2D eigenvalue weighted by Gasteiger charge is 2.32. The number of benzene rings is 4. The van der Waals surface area contributed by atoms with Gasteiger partial charge in [-0.25, -0.2) is 9.78 Å². The van der Waals surface area contributed by atoms with E-state index in [9.17, 15) is 4.79 Å². The maximum Gasteiger partial charge on any atom is 0.349 e. The Labute approximate surface area is 222 Å². The Kier molecular flexibility index (Phi) is 7.16. The normalized spacial score (nSPS) is 13.4. The van der Waals surface area contributed by atoms with Gasteiger partial charge in [0, 0.05) is 6.04 Å². The van der Waals surface area contributed by atoms with Crippen LogP contribution in [-0.4, -0.2) is 23.2 Å². The maximum atomic E-state index is 12.4. The average Bonchev–Trinajstić information content (AvgIpc) is 3.35. The molecule has 0 spiro atoms. The average molecular weight is 509 g/mol. The predicted molar refractivity (Wildman–Crippen MR) is 149 cm³/mol. The quantitative estimate of drug-likeness (QED) is 0.213. The highest BCUT2D eigenvalue weighted by atomic mass is 16.6. The standard InChI is InChI=1S/C32H32N2O4/c1-5-36-31(35)32(3,4)38-24-15-10-14-23(20-24)21(2)33-29(30-34-27-18-8-9-19-28(27)37-30)26-17-11-13-22-12-6-7-16-25(22)26/h6-21,29,33H,5H2,1-4H3. The Morgan fingerprint density at radius 2 is 1.71 bits per heavy atom. The van der Waals surface area contributed by atoms with Crippen molar-refractivity contribution in [1.82, 2.24) is 10.3 Å². The zero-order chi connectivity index (χ0) is 26.7. The number of oxazole rings is 1. The van der Waals surface area contributed by atoms with Gasteiger partial charge in [-0.15, -0.1) is 0 Å². The minimum atomic E-state index is -1.10. The minimum Gasteiger partial charge on any atom is -0.476 e. The molecule has 0 amide bonds. The molecular formula is C32H32N2O4. The molecule has 0 bridgehead atoms.